The summed E-state index contributed by atoms with van der Waals surface area (Å²) in [7, 11) is 0. The van der Waals surface area contributed by atoms with Gasteiger partial charge in [0.2, 0.25) is 0 Å². The molecule has 0 bridgehead atoms. The van der Waals surface area contributed by atoms with Crippen LogP contribution >= 0.6 is 0 Å². The summed E-state index contributed by atoms with van der Waals surface area (Å²) in [5.74, 6) is -0.569. The van der Waals surface area contributed by atoms with Crippen molar-refractivity contribution >= 4 is 5.97 Å². The van der Waals surface area contributed by atoms with E-state index < -0.39 is 5.97 Å². The molecule has 0 heterocycles. The lowest BCUT2D eigenvalue weighted by Crippen LogP contribution is -2.14. The van der Waals surface area contributed by atoms with Gasteiger partial charge in [-0.1, -0.05) is 51.2 Å². The van der Waals surface area contributed by atoms with Gasteiger partial charge in [0.1, 0.15) is 0 Å². The van der Waals surface area contributed by atoms with Crippen LogP contribution in [0.4, 0.5) is 0 Å². The molecule has 2 heteroatoms. The van der Waals surface area contributed by atoms with E-state index in [2.05, 4.69) is 32.9 Å². The minimum atomic E-state index is -0.569. The Morgan fingerprint density at radius 1 is 0.793 bits per heavy atom. The standard InChI is InChI=1S/C27H42O2/c1-21-19-23(11-7-4-5-9-13-26(3)15-16-26)24(20-22(21)2)12-8-6-10-14-27(17-18-27)25(28)29/h19-20H,4-18H2,1-3H3,(H,28,29). The van der Waals surface area contributed by atoms with Gasteiger partial charge in [-0.05, 0) is 106 Å². The Balaban J connectivity index is 1.39. The number of aryl methyl sites for hydroxylation is 4. The largest absolute Gasteiger partial charge is 0.481 e. The molecule has 0 spiro atoms. The zero-order chi connectivity index (χ0) is 20.9. The Morgan fingerprint density at radius 2 is 1.28 bits per heavy atom. The summed E-state index contributed by atoms with van der Waals surface area (Å²) in [6.07, 6.45) is 18.2. The molecule has 2 fully saturated rings. The minimum Gasteiger partial charge on any atom is -0.481 e. The third kappa shape index (κ3) is 6.59. The highest BCUT2D eigenvalue weighted by Gasteiger charge is 2.49. The van der Waals surface area contributed by atoms with Crippen LogP contribution in [0.5, 0.6) is 0 Å². The molecule has 0 amide bonds. The number of carbonyl (C=O) groups is 1. The Hall–Kier alpha value is -1.31. The molecule has 2 nitrogen and oxygen atoms in total. The van der Waals surface area contributed by atoms with Crippen LogP contribution in [0.3, 0.4) is 0 Å². The maximum absolute atomic E-state index is 11.3. The van der Waals surface area contributed by atoms with Gasteiger partial charge < -0.3 is 5.11 Å². The number of rotatable bonds is 14. The maximum Gasteiger partial charge on any atom is 0.309 e. The molecule has 0 aromatic heterocycles. The van der Waals surface area contributed by atoms with Crippen molar-refractivity contribution in [2.24, 2.45) is 10.8 Å². The molecule has 162 valence electrons. The van der Waals surface area contributed by atoms with E-state index in [4.69, 9.17) is 0 Å². The maximum atomic E-state index is 11.3. The first-order valence-corrected chi connectivity index (χ1v) is 12.2. The SMILES string of the molecule is Cc1cc(CCCCCCC2(C)CC2)c(CCCCCC2(C(=O)O)CC2)cc1C. The van der Waals surface area contributed by atoms with Crippen LogP contribution in [0.2, 0.25) is 0 Å². The zero-order valence-corrected chi connectivity index (χ0v) is 19.1. The third-order valence-corrected chi connectivity index (χ3v) is 7.80. The Morgan fingerprint density at radius 3 is 1.76 bits per heavy atom. The average Bonchev–Trinajstić information content (AvgIpc) is 3.59. The number of benzene rings is 1. The van der Waals surface area contributed by atoms with Crippen LogP contribution in [-0.2, 0) is 17.6 Å². The fourth-order valence-corrected chi connectivity index (χ4v) is 4.76. The summed E-state index contributed by atoms with van der Waals surface area (Å²) in [6.45, 7) is 6.91. The highest BCUT2D eigenvalue weighted by Crippen LogP contribution is 2.50. The molecular weight excluding hydrogens is 356 g/mol. The normalized spacial score (nSPS) is 18.6. The predicted octanol–water partition coefficient (Wildman–Crippen LogP) is 7.56. The molecule has 1 aromatic rings. The Labute approximate surface area is 178 Å². The number of unbranched alkanes of at least 4 members (excludes halogenated alkanes) is 5. The van der Waals surface area contributed by atoms with E-state index in [1.54, 1.807) is 5.56 Å². The second-order valence-electron chi connectivity index (χ2n) is 10.6. The van der Waals surface area contributed by atoms with E-state index in [0.29, 0.717) is 5.41 Å². The average molecular weight is 399 g/mol. The molecule has 29 heavy (non-hydrogen) atoms. The summed E-state index contributed by atoms with van der Waals surface area (Å²) < 4.78 is 0. The molecule has 0 unspecified atom stereocenters. The first kappa shape index (κ1) is 22.4. The number of carboxylic acid groups (broad SMARTS) is 1. The fraction of sp³-hybridized carbons (Fsp3) is 0.741. The molecule has 2 saturated carbocycles. The van der Waals surface area contributed by atoms with Crippen molar-refractivity contribution in [3.63, 3.8) is 0 Å². The molecule has 2 aliphatic rings. The van der Waals surface area contributed by atoms with Gasteiger partial charge in [0, 0.05) is 0 Å². The summed E-state index contributed by atoms with van der Waals surface area (Å²) >= 11 is 0. The Kier molecular flexibility index (Phi) is 7.46. The van der Waals surface area contributed by atoms with Gasteiger partial charge in [-0.3, -0.25) is 4.79 Å². The van der Waals surface area contributed by atoms with Crippen molar-refractivity contribution in [3.05, 3.63) is 34.4 Å². The van der Waals surface area contributed by atoms with E-state index in [1.165, 1.54) is 74.5 Å². The third-order valence-electron chi connectivity index (χ3n) is 7.80. The number of hydrogen-bond donors (Lipinski definition) is 1. The molecule has 2 aliphatic carbocycles. The number of carboxylic acids is 1. The minimum absolute atomic E-state index is 0.345. The van der Waals surface area contributed by atoms with E-state index in [1.807, 2.05) is 0 Å². The van der Waals surface area contributed by atoms with Crippen molar-refractivity contribution in [3.8, 4) is 0 Å². The first-order valence-electron chi connectivity index (χ1n) is 12.2. The Bertz CT molecular complexity index is 695. The zero-order valence-electron chi connectivity index (χ0n) is 19.1. The highest BCUT2D eigenvalue weighted by atomic mass is 16.4. The smallest absolute Gasteiger partial charge is 0.309 e. The summed E-state index contributed by atoms with van der Waals surface area (Å²) in [5, 5.41) is 9.31. The quantitative estimate of drug-likeness (QED) is 0.328. The van der Waals surface area contributed by atoms with Gasteiger partial charge in [0.05, 0.1) is 5.41 Å². The van der Waals surface area contributed by atoms with Gasteiger partial charge >= 0.3 is 5.97 Å². The lowest BCUT2D eigenvalue weighted by Gasteiger charge is -2.14. The summed E-state index contributed by atoms with van der Waals surface area (Å²) in [5.41, 5.74) is 6.30. The molecule has 0 aliphatic heterocycles. The van der Waals surface area contributed by atoms with Crippen LogP contribution in [0, 0.1) is 24.7 Å². The van der Waals surface area contributed by atoms with Gasteiger partial charge in [0.15, 0.2) is 0 Å². The van der Waals surface area contributed by atoms with Gasteiger partial charge in [-0.15, -0.1) is 0 Å². The molecule has 0 radical (unpaired) electrons. The number of aliphatic carboxylic acids is 1. The van der Waals surface area contributed by atoms with E-state index >= 15 is 0 Å². The van der Waals surface area contributed by atoms with Crippen molar-refractivity contribution in [1.82, 2.24) is 0 Å². The molecule has 3 rings (SSSR count). The molecule has 0 saturated heterocycles. The molecule has 1 N–H and O–H groups in total. The molecular formula is C27H42O2. The van der Waals surface area contributed by atoms with E-state index in [-0.39, 0.29) is 5.41 Å². The molecule has 1 aromatic carbocycles. The van der Waals surface area contributed by atoms with Crippen LogP contribution in [-0.4, -0.2) is 11.1 Å². The van der Waals surface area contributed by atoms with Crippen molar-refractivity contribution in [1.29, 1.82) is 0 Å². The van der Waals surface area contributed by atoms with Crippen LogP contribution in [0.1, 0.15) is 113 Å². The monoisotopic (exact) mass is 398 g/mol. The fourth-order valence-electron chi connectivity index (χ4n) is 4.76. The van der Waals surface area contributed by atoms with E-state index in [0.717, 1.165) is 38.5 Å². The first-order chi connectivity index (χ1) is 13.8. The van der Waals surface area contributed by atoms with Crippen molar-refractivity contribution < 1.29 is 9.90 Å². The second kappa shape index (κ2) is 9.67. The van der Waals surface area contributed by atoms with Crippen LogP contribution in [0.15, 0.2) is 12.1 Å². The van der Waals surface area contributed by atoms with E-state index in [9.17, 15) is 9.90 Å². The lowest BCUT2D eigenvalue weighted by molar-refractivity contribution is -0.143. The van der Waals surface area contributed by atoms with Crippen molar-refractivity contribution in [2.75, 3.05) is 0 Å². The predicted molar refractivity (Wildman–Crippen MR) is 122 cm³/mol. The summed E-state index contributed by atoms with van der Waals surface area (Å²) in [6, 6.07) is 4.84. The second-order valence-corrected chi connectivity index (χ2v) is 10.6. The topological polar surface area (TPSA) is 37.3 Å². The lowest BCUT2D eigenvalue weighted by atomic mass is 9.91. The summed E-state index contributed by atoms with van der Waals surface area (Å²) in [4.78, 5) is 11.3. The van der Waals surface area contributed by atoms with Gasteiger partial charge in [-0.25, -0.2) is 0 Å². The van der Waals surface area contributed by atoms with Gasteiger partial charge in [0.25, 0.3) is 0 Å². The van der Waals surface area contributed by atoms with Crippen LogP contribution < -0.4 is 0 Å². The number of hydrogen-bond acceptors (Lipinski definition) is 1. The molecule has 0 atom stereocenters. The van der Waals surface area contributed by atoms with Crippen molar-refractivity contribution in [2.45, 2.75) is 117 Å². The van der Waals surface area contributed by atoms with Gasteiger partial charge in [-0.2, -0.15) is 0 Å². The highest BCUT2D eigenvalue weighted by molar-refractivity contribution is 5.77. The van der Waals surface area contributed by atoms with Crippen LogP contribution in [0.25, 0.3) is 0 Å².